The molecule has 0 saturated heterocycles. The molecule has 0 nitrogen and oxygen atoms in total. The second-order valence-corrected chi connectivity index (χ2v) is 5.89. The highest BCUT2D eigenvalue weighted by Gasteiger charge is 2.09. The molecule has 0 unspecified atom stereocenters. The SMILES string of the molecule is CCCCCCCCCC(C)(C)S. The smallest absolute Gasteiger partial charge is 0.00731 e. The highest BCUT2D eigenvalue weighted by Crippen LogP contribution is 2.21. The summed E-state index contributed by atoms with van der Waals surface area (Å²) in [5, 5.41) is 0. The van der Waals surface area contributed by atoms with Gasteiger partial charge in [0.25, 0.3) is 0 Å². The van der Waals surface area contributed by atoms with E-state index in [1.807, 2.05) is 0 Å². The molecule has 0 heterocycles. The topological polar surface area (TPSA) is 0 Å². The van der Waals surface area contributed by atoms with E-state index in [2.05, 4.69) is 33.4 Å². The van der Waals surface area contributed by atoms with E-state index >= 15 is 0 Å². The first kappa shape index (κ1) is 13.4. The molecular formula is C12H26S. The first-order valence-electron chi connectivity index (χ1n) is 5.78. The van der Waals surface area contributed by atoms with Crippen molar-refractivity contribution in [3.05, 3.63) is 0 Å². The Bertz CT molecular complexity index is 102. The van der Waals surface area contributed by atoms with Gasteiger partial charge in [-0.2, -0.15) is 12.6 Å². The van der Waals surface area contributed by atoms with Crippen LogP contribution in [0.2, 0.25) is 0 Å². The molecule has 0 aromatic rings. The molecule has 1 heteroatoms. The fourth-order valence-electron chi connectivity index (χ4n) is 1.51. The summed E-state index contributed by atoms with van der Waals surface area (Å²) in [7, 11) is 0. The molecule has 0 saturated carbocycles. The van der Waals surface area contributed by atoms with E-state index < -0.39 is 0 Å². The van der Waals surface area contributed by atoms with Gasteiger partial charge in [-0.1, -0.05) is 65.7 Å². The summed E-state index contributed by atoms with van der Waals surface area (Å²) in [5.74, 6) is 0. The van der Waals surface area contributed by atoms with E-state index in [0.717, 1.165) is 0 Å². The summed E-state index contributed by atoms with van der Waals surface area (Å²) in [6, 6.07) is 0. The van der Waals surface area contributed by atoms with Crippen LogP contribution >= 0.6 is 12.6 Å². The Kier molecular flexibility index (Phi) is 7.93. The molecule has 0 amide bonds. The number of unbranched alkanes of at least 4 members (excludes halogenated alkanes) is 6. The number of hydrogen-bond acceptors (Lipinski definition) is 1. The molecule has 0 aliphatic heterocycles. The monoisotopic (exact) mass is 202 g/mol. The molecule has 0 aliphatic carbocycles. The lowest BCUT2D eigenvalue weighted by Crippen LogP contribution is -2.09. The van der Waals surface area contributed by atoms with Gasteiger partial charge < -0.3 is 0 Å². The van der Waals surface area contributed by atoms with Crippen molar-refractivity contribution >= 4 is 12.6 Å². The fraction of sp³-hybridized carbons (Fsp3) is 1.00. The zero-order valence-corrected chi connectivity index (χ0v) is 10.5. The number of rotatable bonds is 8. The van der Waals surface area contributed by atoms with E-state index in [0.29, 0.717) is 0 Å². The Labute approximate surface area is 89.9 Å². The number of hydrogen-bond donors (Lipinski definition) is 1. The van der Waals surface area contributed by atoms with Crippen molar-refractivity contribution in [3.63, 3.8) is 0 Å². The summed E-state index contributed by atoms with van der Waals surface area (Å²) in [6.45, 7) is 6.67. The summed E-state index contributed by atoms with van der Waals surface area (Å²) in [4.78, 5) is 0. The van der Waals surface area contributed by atoms with E-state index in [1.54, 1.807) is 0 Å². The van der Waals surface area contributed by atoms with E-state index in [4.69, 9.17) is 0 Å². The molecule has 0 N–H and O–H groups in total. The Morgan fingerprint density at radius 3 is 1.77 bits per heavy atom. The highest BCUT2D eigenvalue weighted by molar-refractivity contribution is 7.81. The van der Waals surface area contributed by atoms with Gasteiger partial charge >= 0.3 is 0 Å². The standard InChI is InChI=1S/C12H26S/c1-4-5-6-7-8-9-10-11-12(2,3)13/h13H,4-11H2,1-3H3. The second kappa shape index (κ2) is 7.73. The zero-order chi connectivity index (χ0) is 10.2. The van der Waals surface area contributed by atoms with Gasteiger partial charge in [0.05, 0.1) is 0 Å². The molecule has 0 rings (SSSR count). The molecule has 0 bridgehead atoms. The van der Waals surface area contributed by atoms with Crippen LogP contribution in [0, 0.1) is 0 Å². The first-order valence-corrected chi connectivity index (χ1v) is 6.23. The third-order valence-electron chi connectivity index (χ3n) is 2.39. The van der Waals surface area contributed by atoms with Crippen LogP contribution in [0.15, 0.2) is 0 Å². The minimum Gasteiger partial charge on any atom is -0.173 e. The lowest BCUT2D eigenvalue weighted by molar-refractivity contribution is 0.538. The molecule has 0 atom stereocenters. The third kappa shape index (κ3) is 12.4. The van der Waals surface area contributed by atoms with Crippen LogP contribution in [-0.2, 0) is 0 Å². The van der Waals surface area contributed by atoms with Crippen LogP contribution in [0.25, 0.3) is 0 Å². The van der Waals surface area contributed by atoms with Crippen molar-refractivity contribution in [2.75, 3.05) is 0 Å². The summed E-state index contributed by atoms with van der Waals surface area (Å²) < 4.78 is 0.240. The van der Waals surface area contributed by atoms with Crippen molar-refractivity contribution in [1.29, 1.82) is 0 Å². The summed E-state index contributed by atoms with van der Waals surface area (Å²) >= 11 is 4.51. The Hall–Kier alpha value is 0.350. The van der Waals surface area contributed by atoms with Crippen molar-refractivity contribution in [3.8, 4) is 0 Å². The number of thiol groups is 1. The lowest BCUT2D eigenvalue weighted by Gasteiger charge is -2.16. The third-order valence-corrected chi connectivity index (χ3v) is 2.62. The van der Waals surface area contributed by atoms with Gasteiger partial charge in [0, 0.05) is 4.75 Å². The lowest BCUT2D eigenvalue weighted by atomic mass is 10.0. The first-order chi connectivity index (χ1) is 6.06. The maximum absolute atomic E-state index is 4.51. The summed E-state index contributed by atoms with van der Waals surface area (Å²) in [5.41, 5.74) is 0. The quantitative estimate of drug-likeness (QED) is 0.423. The van der Waals surface area contributed by atoms with Gasteiger partial charge in [0.15, 0.2) is 0 Å². The van der Waals surface area contributed by atoms with Crippen LogP contribution < -0.4 is 0 Å². The van der Waals surface area contributed by atoms with E-state index in [9.17, 15) is 0 Å². The van der Waals surface area contributed by atoms with E-state index in [1.165, 1.54) is 51.4 Å². The van der Waals surface area contributed by atoms with Crippen molar-refractivity contribution in [2.45, 2.75) is 76.9 Å². The van der Waals surface area contributed by atoms with Crippen molar-refractivity contribution in [1.82, 2.24) is 0 Å². The minimum absolute atomic E-state index is 0.240. The fourth-order valence-corrected chi connectivity index (χ4v) is 1.67. The average Bonchev–Trinajstić information content (AvgIpc) is 2.01. The maximum Gasteiger partial charge on any atom is 0.00731 e. The largest absolute Gasteiger partial charge is 0.173 e. The average molecular weight is 202 g/mol. The normalized spacial score (nSPS) is 12.0. The Morgan fingerprint density at radius 2 is 1.31 bits per heavy atom. The van der Waals surface area contributed by atoms with Crippen LogP contribution in [0.4, 0.5) is 0 Å². The molecule has 0 radical (unpaired) electrons. The van der Waals surface area contributed by atoms with Crippen LogP contribution in [0.3, 0.4) is 0 Å². The zero-order valence-electron chi connectivity index (χ0n) is 9.60. The highest BCUT2D eigenvalue weighted by atomic mass is 32.1. The second-order valence-electron chi connectivity index (χ2n) is 4.68. The van der Waals surface area contributed by atoms with Crippen LogP contribution in [0.5, 0.6) is 0 Å². The van der Waals surface area contributed by atoms with Crippen molar-refractivity contribution in [2.24, 2.45) is 0 Å². The molecule has 0 aliphatic rings. The van der Waals surface area contributed by atoms with Gasteiger partial charge in [0.2, 0.25) is 0 Å². The summed E-state index contributed by atoms with van der Waals surface area (Å²) in [6.07, 6.45) is 11.0. The predicted octanol–water partition coefficient (Wildman–Crippen LogP) is 4.84. The molecule has 80 valence electrons. The van der Waals surface area contributed by atoms with Gasteiger partial charge in [-0.25, -0.2) is 0 Å². The molecule has 0 aromatic heterocycles. The predicted molar refractivity (Wildman–Crippen MR) is 65.7 cm³/mol. The van der Waals surface area contributed by atoms with Crippen molar-refractivity contribution < 1.29 is 0 Å². The maximum atomic E-state index is 4.51. The molecule has 0 spiro atoms. The Balaban J connectivity index is 3.00. The minimum atomic E-state index is 0.240. The van der Waals surface area contributed by atoms with Gasteiger partial charge in [-0.05, 0) is 6.42 Å². The van der Waals surface area contributed by atoms with Gasteiger partial charge in [0.1, 0.15) is 0 Å². The molecule has 13 heavy (non-hydrogen) atoms. The van der Waals surface area contributed by atoms with Gasteiger partial charge in [-0.3, -0.25) is 0 Å². The van der Waals surface area contributed by atoms with Gasteiger partial charge in [-0.15, -0.1) is 0 Å². The molecule has 0 aromatic carbocycles. The molecule has 0 fully saturated rings. The molecular weight excluding hydrogens is 176 g/mol. The van der Waals surface area contributed by atoms with Crippen LogP contribution in [0.1, 0.15) is 72.1 Å². The van der Waals surface area contributed by atoms with E-state index in [-0.39, 0.29) is 4.75 Å². The van der Waals surface area contributed by atoms with Crippen LogP contribution in [-0.4, -0.2) is 4.75 Å². The Morgan fingerprint density at radius 1 is 0.846 bits per heavy atom.